The lowest BCUT2D eigenvalue weighted by molar-refractivity contribution is -0.123. The van der Waals surface area contributed by atoms with E-state index in [1.165, 1.54) is 36.4 Å². The van der Waals surface area contributed by atoms with E-state index in [1.54, 1.807) is 26.0 Å². The van der Waals surface area contributed by atoms with Gasteiger partial charge in [0.2, 0.25) is 41.6 Å². The number of amides is 1. The summed E-state index contributed by atoms with van der Waals surface area (Å²) in [6.07, 6.45) is 2.52. The van der Waals surface area contributed by atoms with Crippen LogP contribution in [0.2, 0.25) is 0 Å². The Balaban J connectivity index is 1.25. The lowest BCUT2D eigenvalue weighted by Gasteiger charge is -2.13. The van der Waals surface area contributed by atoms with E-state index in [9.17, 15) is 30.7 Å². The van der Waals surface area contributed by atoms with Crippen molar-refractivity contribution >= 4 is 96.7 Å². The summed E-state index contributed by atoms with van der Waals surface area (Å²) in [6.45, 7) is 4.78. The molecule has 6 rings (SSSR count). The molecule has 23 heteroatoms. The molecule has 0 unspecified atom stereocenters. The number of nitrogens with one attached hydrogen (secondary N) is 7. The van der Waals surface area contributed by atoms with Crippen molar-refractivity contribution in [2.45, 2.75) is 23.6 Å². The summed E-state index contributed by atoms with van der Waals surface area (Å²) in [6, 6.07) is 26.2. The molecule has 0 aliphatic carbocycles. The molecule has 2 heterocycles. The standard InChI is InChI=1S/C40H44N14O7S2/c1-25(2)34(55)42-21-22-44-36-51-38(46-29-11-7-4-8-12-29)54-40(52-36)48-31-18-16-27(33(24-31)63(59,60)61)14-13-26-15-17-30(23-32(26)62(56,57)58)47-39-50-35(43-20-19-41)49-37(53-39)45-28-9-5-3-6-10-28/h3-18,23-25H,19-22,41H2,1-2H3,(H,42,55)(H,56,57,58)(H,59,60,61)(H3,43,45,47,49,50,53)(H3,44,46,48,51,52,54). The fourth-order valence-corrected chi connectivity index (χ4v) is 6.99. The van der Waals surface area contributed by atoms with Crippen LogP contribution in [-0.4, -0.2) is 87.9 Å². The molecule has 63 heavy (non-hydrogen) atoms. The van der Waals surface area contributed by atoms with E-state index in [0.29, 0.717) is 24.5 Å². The normalized spacial score (nSPS) is 11.6. The van der Waals surface area contributed by atoms with Crippen molar-refractivity contribution in [2.75, 3.05) is 58.1 Å². The summed E-state index contributed by atoms with van der Waals surface area (Å²) < 4.78 is 71.2. The van der Waals surface area contributed by atoms with Crippen molar-refractivity contribution in [1.82, 2.24) is 35.2 Å². The van der Waals surface area contributed by atoms with Crippen LogP contribution in [0.1, 0.15) is 25.0 Å². The number of benzene rings is 4. The van der Waals surface area contributed by atoms with Crippen molar-refractivity contribution in [1.29, 1.82) is 0 Å². The Kier molecular flexibility index (Phi) is 14.7. The van der Waals surface area contributed by atoms with Crippen LogP contribution in [0.15, 0.2) is 107 Å². The minimum Gasteiger partial charge on any atom is -0.354 e. The summed E-state index contributed by atoms with van der Waals surface area (Å²) in [4.78, 5) is 37.2. The van der Waals surface area contributed by atoms with Gasteiger partial charge in [-0.15, -0.1) is 0 Å². The quantitative estimate of drug-likeness (QED) is 0.0266. The molecule has 0 bridgehead atoms. The fraction of sp³-hybridized carbons (Fsp3) is 0.175. The van der Waals surface area contributed by atoms with E-state index in [4.69, 9.17) is 5.73 Å². The predicted octanol–water partition coefficient (Wildman–Crippen LogP) is 5.25. The molecule has 6 aromatic rings. The first-order chi connectivity index (χ1) is 30.1. The number of rotatable bonds is 20. The molecule has 0 spiro atoms. The zero-order valence-corrected chi connectivity index (χ0v) is 35.4. The van der Waals surface area contributed by atoms with Gasteiger partial charge in [-0.25, -0.2) is 0 Å². The highest BCUT2D eigenvalue weighted by molar-refractivity contribution is 7.86. The molecular weight excluding hydrogens is 853 g/mol. The van der Waals surface area contributed by atoms with Gasteiger partial charge in [0.05, 0.1) is 0 Å². The minimum atomic E-state index is -4.87. The van der Waals surface area contributed by atoms with E-state index < -0.39 is 30.0 Å². The van der Waals surface area contributed by atoms with Gasteiger partial charge in [0.1, 0.15) is 9.79 Å². The second kappa shape index (κ2) is 20.5. The van der Waals surface area contributed by atoms with Crippen LogP contribution in [0.25, 0.3) is 12.2 Å². The summed E-state index contributed by atoms with van der Waals surface area (Å²) >= 11 is 0. The van der Waals surface area contributed by atoms with Gasteiger partial charge in [0.15, 0.2) is 0 Å². The average Bonchev–Trinajstić information content (AvgIpc) is 3.24. The molecule has 1 amide bonds. The maximum Gasteiger partial charge on any atom is 0.295 e. The van der Waals surface area contributed by atoms with E-state index in [1.807, 2.05) is 48.5 Å². The van der Waals surface area contributed by atoms with Crippen molar-refractivity contribution in [3.63, 3.8) is 0 Å². The Morgan fingerprint density at radius 3 is 1.32 bits per heavy atom. The molecule has 0 fully saturated rings. The van der Waals surface area contributed by atoms with Gasteiger partial charge in [-0.3, -0.25) is 13.9 Å². The van der Waals surface area contributed by atoms with Gasteiger partial charge in [-0.1, -0.05) is 74.5 Å². The fourth-order valence-electron chi connectivity index (χ4n) is 5.57. The molecule has 0 saturated heterocycles. The summed E-state index contributed by atoms with van der Waals surface area (Å²) in [5, 5.41) is 20.8. The van der Waals surface area contributed by atoms with Crippen LogP contribution in [0.5, 0.6) is 0 Å². The van der Waals surface area contributed by atoms with Crippen LogP contribution in [0.3, 0.4) is 0 Å². The molecule has 0 saturated carbocycles. The van der Waals surface area contributed by atoms with Crippen molar-refractivity contribution in [3.8, 4) is 0 Å². The Bertz CT molecular complexity index is 2800. The average molecular weight is 897 g/mol. The van der Waals surface area contributed by atoms with Crippen LogP contribution in [-0.2, 0) is 25.0 Å². The summed E-state index contributed by atoms with van der Waals surface area (Å²) in [5.41, 5.74) is 7.29. The summed E-state index contributed by atoms with van der Waals surface area (Å²) in [5.74, 6) is 0.346. The first-order valence-electron chi connectivity index (χ1n) is 19.2. The number of nitrogens with zero attached hydrogens (tertiary/aromatic N) is 6. The number of carbonyl (C=O) groups excluding carboxylic acids is 1. The van der Waals surface area contributed by atoms with E-state index in [-0.39, 0.29) is 83.1 Å². The SMILES string of the molecule is CC(C)C(=O)NCCNc1nc(Nc2ccccc2)nc(Nc2ccc(C=Cc3ccc(Nc4nc(NCCN)nc(Nc5ccccc5)n4)cc3S(=O)(=O)O)c(S(=O)(=O)O)c2)n1. The minimum absolute atomic E-state index is 0.00267. The molecule has 11 N–H and O–H groups in total. The highest BCUT2D eigenvalue weighted by Crippen LogP contribution is 2.29. The zero-order chi connectivity index (χ0) is 45.0. The molecule has 0 aliphatic heterocycles. The molecular formula is C40H44N14O7S2. The number of para-hydroxylation sites is 2. The molecule has 328 valence electrons. The van der Waals surface area contributed by atoms with Gasteiger partial charge in [-0.05, 0) is 59.7 Å². The van der Waals surface area contributed by atoms with Gasteiger partial charge in [-0.2, -0.15) is 46.7 Å². The number of anilines is 10. The Labute approximate surface area is 363 Å². The van der Waals surface area contributed by atoms with Crippen LogP contribution >= 0.6 is 0 Å². The van der Waals surface area contributed by atoms with Crippen molar-refractivity contribution in [2.24, 2.45) is 11.7 Å². The molecule has 4 aromatic carbocycles. The van der Waals surface area contributed by atoms with E-state index >= 15 is 0 Å². The zero-order valence-electron chi connectivity index (χ0n) is 33.8. The second-order valence-electron chi connectivity index (χ2n) is 13.7. The second-order valence-corrected chi connectivity index (χ2v) is 16.5. The molecule has 0 radical (unpaired) electrons. The highest BCUT2D eigenvalue weighted by Gasteiger charge is 2.19. The Morgan fingerprint density at radius 2 is 0.937 bits per heavy atom. The first kappa shape index (κ1) is 45.2. The monoisotopic (exact) mass is 896 g/mol. The largest absolute Gasteiger partial charge is 0.354 e. The number of hydrogen-bond donors (Lipinski definition) is 10. The number of aromatic nitrogens is 6. The summed E-state index contributed by atoms with van der Waals surface area (Å²) in [7, 11) is -9.72. The van der Waals surface area contributed by atoms with Gasteiger partial charge >= 0.3 is 0 Å². The van der Waals surface area contributed by atoms with E-state index in [0.717, 1.165) is 12.1 Å². The molecule has 21 nitrogen and oxygen atoms in total. The lowest BCUT2D eigenvalue weighted by Crippen LogP contribution is -2.32. The van der Waals surface area contributed by atoms with Crippen molar-refractivity contribution in [3.05, 3.63) is 108 Å². The predicted molar refractivity (Wildman–Crippen MR) is 241 cm³/mol. The topological polar surface area (TPSA) is 313 Å². The number of carbonyl (C=O) groups is 1. The third kappa shape index (κ3) is 13.3. The molecule has 0 atom stereocenters. The van der Waals surface area contributed by atoms with Crippen LogP contribution in [0, 0.1) is 5.92 Å². The third-order valence-electron chi connectivity index (χ3n) is 8.53. The molecule has 0 aliphatic rings. The Morgan fingerprint density at radius 1 is 0.556 bits per heavy atom. The third-order valence-corrected chi connectivity index (χ3v) is 10.3. The lowest BCUT2D eigenvalue weighted by atomic mass is 10.1. The van der Waals surface area contributed by atoms with Crippen LogP contribution in [0.4, 0.5) is 58.4 Å². The van der Waals surface area contributed by atoms with Crippen LogP contribution < -0.4 is 43.0 Å². The van der Waals surface area contributed by atoms with Gasteiger partial charge in [0.25, 0.3) is 20.2 Å². The maximum atomic E-state index is 12.7. The Hall–Kier alpha value is -7.31. The maximum absolute atomic E-state index is 12.7. The van der Waals surface area contributed by atoms with E-state index in [2.05, 4.69) is 67.1 Å². The number of hydrogen-bond acceptors (Lipinski definition) is 18. The number of nitrogens with two attached hydrogens (primary N) is 1. The van der Waals surface area contributed by atoms with Gasteiger partial charge in [0, 0.05) is 54.8 Å². The van der Waals surface area contributed by atoms with Gasteiger partial charge < -0.3 is 43.0 Å². The first-order valence-corrected chi connectivity index (χ1v) is 22.1. The van der Waals surface area contributed by atoms with Crippen molar-refractivity contribution < 1.29 is 30.7 Å². The smallest absolute Gasteiger partial charge is 0.295 e. The highest BCUT2D eigenvalue weighted by atomic mass is 32.2. The molecule has 2 aromatic heterocycles.